The third-order valence-corrected chi connectivity index (χ3v) is 8.41. The van der Waals surface area contributed by atoms with E-state index in [9.17, 15) is 14.4 Å². The molecule has 0 amide bonds. The van der Waals surface area contributed by atoms with E-state index in [1.54, 1.807) is 37.8 Å². The summed E-state index contributed by atoms with van der Waals surface area (Å²) < 4.78 is 6.81. The number of hydrogen-bond donors (Lipinski definition) is 1. The van der Waals surface area contributed by atoms with Crippen LogP contribution in [0.4, 0.5) is 11.5 Å². The average molecular weight is 565 g/mol. The summed E-state index contributed by atoms with van der Waals surface area (Å²) in [6, 6.07) is 7.35. The molecule has 6 heterocycles. The molecule has 1 aliphatic carbocycles. The summed E-state index contributed by atoms with van der Waals surface area (Å²) in [5, 5.41) is 7.81. The maximum atomic E-state index is 13.7. The van der Waals surface area contributed by atoms with Crippen LogP contribution in [0.15, 0.2) is 58.6 Å². The molecule has 0 radical (unpaired) electrons. The zero-order valence-electron chi connectivity index (χ0n) is 24.1. The number of aryl methyl sites for hydroxylation is 1. The Morgan fingerprint density at radius 1 is 1.02 bits per heavy atom. The van der Waals surface area contributed by atoms with Crippen LogP contribution in [-0.4, -0.2) is 53.1 Å². The number of anilines is 2. The Morgan fingerprint density at radius 3 is 2.67 bits per heavy atom. The minimum absolute atomic E-state index is 0.165. The van der Waals surface area contributed by atoms with Crippen molar-refractivity contribution in [2.24, 2.45) is 12.5 Å². The number of nitrogens with zero attached hydrogens (tertiary/aromatic N) is 7. The highest BCUT2D eigenvalue weighted by molar-refractivity contribution is 5.91. The summed E-state index contributed by atoms with van der Waals surface area (Å²) in [6.07, 6.45) is 9.33. The highest BCUT2D eigenvalue weighted by Crippen LogP contribution is 2.37. The predicted molar refractivity (Wildman–Crippen MR) is 160 cm³/mol. The van der Waals surface area contributed by atoms with Crippen molar-refractivity contribution in [2.75, 3.05) is 18.9 Å². The Hall–Kier alpha value is -4.77. The number of nitrogens with one attached hydrogen (secondary N) is 1. The van der Waals surface area contributed by atoms with E-state index < -0.39 is 0 Å². The first-order valence-corrected chi connectivity index (χ1v) is 14.0. The van der Waals surface area contributed by atoms with Gasteiger partial charge in [-0.05, 0) is 54.6 Å². The van der Waals surface area contributed by atoms with Crippen LogP contribution >= 0.6 is 0 Å². The van der Waals surface area contributed by atoms with E-state index in [4.69, 9.17) is 0 Å². The molecule has 0 spiro atoms. The molecule has 42 heavy (non-hydrogen) atoms. The van der Waals surface area contributed by atoms with E-state index in [0.29, 0.717) is 34.4 Å². The summed E-state index contributed by atoms with van der Waals surface area (Å²) in [4.78, 5) is 46.0. The third kappa shape index (κ3) is 4.19. The monoisotopic (exact) mass is 564 g/mol. The Kier molecular flexibility index (Phi) is 5.84. The quantitative estimate of drug-likeness (QED) is 0.327. The fraction of sp³-hybridized carbons (Fsp3) is 0.323. The molecule has 214 valence electrons. The van der Waals surface area contributed by atoms with E-state index in [2.05, 4.69) is 41.2 Å². The van der Waals surface area contributed by atoms with Crippen LogP contribution in [0.1, 0.15) is 41.2 Å². The normalized spacial score (nSPS) is 16.0. The van der Waals surface area contributed by atoms with Crippen molar-refractivity contribution in [3.8, 4) is 16.9 Å². The molecule has 0 saturated carbocycles. The van der Waals surface area contributed by atoms with E-state index in [0.717, 1.165) is 43.9 Å². The number of carbonyl (C=O) groups excluding carboxylic acids is 1. The lowest BCUT2D eigenvalue weighted by molar-refractivity contribution is 0.112. The van der Waals surface area contributed by atoms with Gasteiger partial charge in [0.25, 0.3) is 11.1 Å². The van der Waals surface area contributed by atoms with Gasteiger partial charge in [0.05, 0.1) is 17.8 Å². The van der Waals surface area contributed by atoms with Crippen LogP contribution in [0.2, 0.25) is 0 Å². The molecule has 7 rings (SSSR count). The molecule has 2 aliphatic rings. The van der Waals surface area contributed by atoms with Crippen molar-refractivity contribution in [1.29, 1.82) is 0 Å². The summed E-state index contributed by atoms with van der Waals surface area (Å²) >= 11 is 0. The van der Waals surface area contributed by atoms with Gasteiger partial charge in [-0.2, -0.15) is 5.10 Å². The molecule has 0 saturated heterocycles. The summed E-state index contributed by atoms with van der Waals surface area (Å²) in [5.74, 6) is 0.828. The van der Waals surface area contributed by atoms with Gasteiger partial charge in [-0.1, -0.05) is 13.8 Å². The molecule has 0 aromatic carbocycles. The molecule has 1 aliphatic heterocycles. The molecule has 5 aromatic heterocycles. The number of carbonyl (C=O) groups is 1. The highest BCUT2D eigenvalue weighted by Gasteiger charge is 2.32. The molecule has 11 heteroatoms. The van der Waals surface area contributed by atoms with Gasteiger partial charge >= 0.3 is 0 Å². The molecular weight excluding hydrogens is 532 g/mol. The van der Waals surface area contributed by atoms with E-state index in [1.807, 2.05) is 27.4 Å². The summed E-state index contributed by atoms with van der Waals surface area (Å²) in [7, 11) is 3.73. The highest BCUT2D eigenvalue weighted by atomic mass is 16.1. The maximum Gasteiger partial charge on any atom is 0.280 e. The predicted octanol–water partition coefficient (Wildman–Crippen LogP) is 3.17. The summed E-state index contributed by atoms with van der Waals surface area (Å²) in [5.41, 5.74) is 5.45. The van der Waals surface area contributed by atoms with E-state index >= 15 is 0 Å². The Bertz CT molecular complexity index is 2030. The Morgan fingerprint density at radius 2 is 1.86 bits per heavy atom. The van der Waals surface area contributed by atoms with Crippen molar-refractivity contribution in [2.45, 2.75) is 39.8 Å². The van der Waals surface area contributed by atoms with Gasteiger partial charge in [0.1, 0.15) is 11.2 Å². The van der Waals surface area contributed by atoms with Crippen LogP contribution < -0.4 is 16.4 Å². The molecule has 0 atom stereocenters. The number of fused-ring (bicyclic) bond motifs is 4. The van der Waals surface area contributed by atoms with Crippen LogP contribution in [0.25, 0.3) is 22.5 Å². The number of aromatic nitrogens is 6. The zero-order chi connectivity index (χ0) is 29.3. The second-order valence-electron chi connectivity index (χ2n) is 12.2. The van der Waals surface area contributed by atoms with Gasteiger partial charge in [0.2, 0.25) is 0 Å². The van der Waals surface area contributed by atoms with Crippen molar-refractivity contribution < 1.29 is 4.79 Å². The standard InChI is InChI=1S/C31H32N8O3/c1-31(2)14-19-12-25-30(42)38(9-8-37(25)26(19)15-31)28-23(18-40)22(5-6-32-28)20-11-24(29(41)36(4)16-20)33-27-13-21-17-35(3)7-10-39(21)34-27/h5-6,8-9,11-13,16,18H,7,10,14-15,17H2,1-4H3,(H,33,34). The molecule has 0 fully saturated rings. The summed E-state index contributed by atoms with van der Waals surface area (Å²) in [6.45, 7) is 6.93. The topological polar surface area (TPSA) is 111 Å². The van der Waals surface area contributed by atoms with E-state index in [1.165, 1.54) is 14.7 Å². The Balaban J connectivity index is 1.29. The second-order valence-corrected chi connectivity index (χ2v) is 12.2. The SMILES string of the molecule is CN1CCn2nc(Nc3cc(-c4ccnc(-n5ccn6c7c(cc6c5=O)CC(C)(C)C7)c4C=O)cn(C)c3=O)cc2C1. The number of likely N-dealkylation sites (N-methyl/N-ethyl adjacent to an activating group) is 1. The first-order chi connectivity index (χ1) is 20.1. The number of rotatable bonds is 5. The van der Waals surface area contributed by atoms with E-state index in [-0.39, 0.29) is 27.9 Å². The van der Waals surface area contributed by atoms with Crippen LogP contribution in [0, 0.1) is 5.41 Å². The lowest BCUT2D eigenvalue weighted by atomic mass is 9.90. The first-order valence-electron chi connectivity index (χ1n) is 14.0. The fourth-order valence-corrected chi connectivity index (χ4v) is 6.39. The molecule has 0 bridgehead atoms. The molecule has 11 nitrogen and oxygen atoms in total. The van der Waals surface area contributed by atoms with Gasteiger partial charge in [-0.15, -0.1) is 0 Å². The largest absolute Gasteiger partial charge is 0.334 e. The third-order valence-electron chi connectivity index (χ3n) is 8.41. The first kappa shape index (κ1) is 26.1. The number of aldehydes is 1. The lowest BCUT2D eigenvalue weighted by Crippen LogP contribution is -2.30. The molecule has 1 N–H and O–H groups in total. The maximum absolute atomic E-state index is 13.7. The van der Waals surface area contributed by atoms with Crippen molar-refractivity contribution in [1.82, 2.24) is 33.2 Å². The molecule has 5 aromatic rings. The van der Waals surface area contributed by atoms with Crippen molar-refractivity contribution in [3.05, 3.63) is 92.3 Å². The van der Waals surface area contributed by atoms with Crippen LogP contribution in [0.3, 0.4) is 0 Å². The smallest absolute Gasteiger partial charge is 0.280 e. The van der Waals surface area contributed by atoms with Crippen LogP contribution in [0.5, 0.6) is 0 Å². The number of pyridine rings is 2. The van der Waals surface area contributed by atoms with Gasteiger partial charge < -0.3 is 14.3 Å². The van der Waals surface area contributed by atoms with Gasteiger partial charge in [-0.3, -0.25) is 28.5 Å². The molecule has 0 unspecified atom stereocenters. The second kappa shape index (κ2) is 9.38. The number of hydrogen-bond acceptors (Lipinski definition) is 7. The van der Waals surface area contributed by atoms with Crippen molar-refractivity contribution >= 4 is 23.3 Å². The fourth-order valence-electron chi connectivity index (χ4n) is 6.39. The minimum atomic E-state index is -0.241. The zero-order valence-corrected chi connectivity index (χ0v) is 24.1. The van der Waals surface area contributed by atoms with Crippen molar-refractivity contribution in [3.63, 3.8) is 0 Å². The van der Waals surface area contributed by atoms with Gasteiger partial charge in [-0.25, -0.2) is 4.98 Å². The van der Waals surface area contributed by atoms with Gasteiger partial charge in [0.15, 0.2) is 17.9 Å². The Labute approximate surface area is 241 Å². The minimum Gasteiger partial charge on any atom is -0.334 e. The average Bonchev–Trinajstić information content (AvgIpc) is 3.60. The lowest BCUT2D eigenvalue weighted by Gasteiger charge is -2.22. The molecular formula is C31H32N8O3. The van der Waals surface area contributed by atoms with Crippen LogP contribution in [-0.2, 0) is 33.0 Å². The van der Waals surface area contributed by atoms with Gasteiger partial charge in [0, 0.05) is 62.2 Å².